The summed E-state index contributed by atoms with van der Waals surface area (Å²) in [6.07, 6.45) is 1.10. The maximum Gasteiger partial charge on any atom is 0.225 e. The predicted octanol–water partition coefficient (Wildman–Crippen LogP) is 3.47. The number of nitrogens with zero attached hydrogens (tertiary/aromatic N) is 1. The zero-order chi connectivity index (χ0) is 19.1. The van der Waals surface area contributed by atoms with Crippen molar-refractivity contribution in [3.8, 4) is 0 Å². The molecule has 1 atom stereocenters. The van der Waals surface area contributed by atoms with Crippen molar-refractivity contribution >= 4 is 23.6 Å². The van der Waals surface area contributed by atoms with Crippen LogP contribution in [0, 0.1) is 11.7 Å². The fourth-order valence-electron chi connectivity index (χ4n) is 3.05. The number of benzene rings is 2. The number of thioether (sulfide) groups is 1. The molecule has 1 fully saturated rings. The lowest BCUT2D eigenvalue weighted by Crippen LogP contribution is -2.33. The summed E-state index contributed by atoms with van der Waals surface area (Å²) in [5, 5.41) is 2.93. The Balaban J connectivity index is 1.36. The molecule has 6 heteroatoms. The van der Waals surface area contributed by atoms with Gasteiger partial charge in [0.05, 0.1) is 5.92 Å². The molecule has 3 rings (SSSR count). The van der Waals surface area contributed by atoms with E-state index in [4.69, 9.17) is 0 Å². The van der Waals surface area contributed by atoms with Gasteiger partial charge in [0.25, 0.3) is 0 Å². The third-order valence-electron chi connectivity index (χ3n) is 4.50. The zero-order valence-corrected chi connectivity index (χ0v) is 15.9. The molecule has 2 amide bonds. The van der Waals surface area contributed by atoms with E-state index in [1.807, 2.05) is 30.3 Å². The molecule has 27 heavy (non-hydrogen) atoms. The van der Waals surface area contributed by atoms with Crippen molar-refractivity contribution in [2.24, 2.45) is 5.92 Å². The van der Waals surface area contributed by atoms with Crippen LogP contribution >= 0.6 is 11.8 Å². The van der Waals surface area contributed by atoms with Crippen LogP contribution in [-0.4, -0.2) is 35.6 Å². The first kappa shape index (κ1) is 19.4. The van der Waals surface area contributed by atoms with E-state index in [0.29, 0.717) is 19.6 Å². The number of hydrogen-bond acceptors (Lipinski definition) is 3. The molecule has 0 aromatic heterocycles. The van der Waals surface area contributed by atoms with Crippen LogP contribution in [0.1, 0.15) is 18.4 Å². The Bertz CT molecular complexity index is 768. The Labute approximate surface area is 163 Å². The highest BCUT2D eigenvalue weighted by atomic mass is 32.2. The van der Waals surface area contributed by atoms with Crippen LogP contribution in [0.2, 0.25) is 0 Å². The van der Waals surface area contributed by atoms with Crippen molar-refractivity contribution in [2.45, 2.75) is 24.3 Å². The standard InChI is InChI=1S/C21H23FN2O2S/c22-18-7-9-19(10-8-18)27-12-4-11-23-21(26)17-13-20(25)24(15-17)14-16-5-2-1-3-6-16/h1-3,5-10,17H,4,11-15H2,(H,23,26). The minimum absolute atomic E-state index is 0.0332. The number of rotatable bonds is 8. The monoisotopic (exact) mass is 386 g/mol. The van der Waals surface area contributed by atoms with Crippen LogP contribution in [0.3, 0.4) is 0 Å². The fraction of sp³-hybridized carbons (Fsp3) is 0.333. The van der Waals surface area contributed by atoms with Crippen LogP contribution in [0.5, 0.6) is 0 Å². The highest BCUT2D eigenvalue weighted by molar-refractivity contribution is 7.99. The van der Waals surface area contributed by atoms with Crippen LogP contribution in [0.25, 0.3) is 0 Å². The maximum atomic E-state index is 12.9. The minimum Gasteiger partial charge on any atom is -0.356 e. The number of likely N-dealkylation sites (tertiary alicyclic amines) is 1. The van der Waals surface area contributed by atoms with E-state index in [9.17, 15) is 14.0 Å². The molecule has 1 N–H and O–H groups in total. The number of amides is 2. The summed E-state index contributed by atoms with van der Waals surface area (Å²) < 4.78 is 12.9. The Hall–Kier alpha value is -2.34. The predicted molar refractivity (Wildman–Crippen MR) is 105 cm³/mol. The SMILES string of the molecule is O=C(NCCCSc1ccc(F)cc1)C1CC(=O)N(Cc2ccccc2)C1. The van der Waals surface area contributed by atoms with Crippen molar-refractivity contribution in [1.82, 2.24) is 10.2 Å². The fourth-order valence-corrected chi connectivity index (χ4v) is 3.91. The van der Waals surface area contributed by atoms with E-state index in [0.717, 1.165) is 22.6 Å². The lowest BCUT2D eigenvalue weighted by atomic mass is 10.1. The van der Waals surface area contributed by atoms with Gasteiger partial charge in [-0.15, -0.1) is 11.8 Å². The van der Waals surface area contributed by atoms with Gasteiger partial charge in [-0.3, -0.25) is 9.59 Å². The quantitative estimate of drug-likeness (QED) is 0.558. The van der Waals surface area contributed by atoms with Gasteiger partial charge in [0.1, 0.15) is 5.82 Å². The topological polar surface area (TPSA) is 49.4 Å². The van der Waals surface area contributed by atoms with E-state index in [2.05, 4.69) is 5.32 Å². The number of nitrogens with one attached hydrogen (secondary N) is 1. The lowest BCUT2D eigenvalue weighted by Gasteiger charge is -2.16. The van der Waals surface area contributed by atoms with Crippen LogP contribution < -0.4 is 5.32 Å². The van der Waals surface area contributed by atoms with Gasteiger partial charge in [-0.25, -0.2) is 4.39 Å². The molecule has 1 aliphatic heterocycles. The highest BCUT2D eigenvalue weighted by Crippen LogP contribution is 2.21. The first-order valence-corrected chi connectivity index (χ1v) is 10.1. The van der Waals surface area contributed by atoms with E-state index < -0.39 is 0 Å². The van der Waals surface area contributed by atoms with Crippen molar-refractivity contribution in [3.05, 3.63) is 66.0 Å². The molecule has 2 aromatic rings. The van der Waals surface area contributed by atoms with Crippen LogP contribution in [0.15, 0.2) is 59.5 Å². The van der Waals surface area contributed by atoms with Gasteiger partial charge in [-0.1, -0.05) is 30.3 Å². The van der Waals surface area contributed by atoms with Crippen molar-refractivity contribution < 1.29 is 14.0 Å². The molecule has 142 valence electrons. The second-order valence-electron chi connectivity index (χ2n) is 6.61. The summed E-state index contributed by atoms with van der Waals surface area (Å²) in [6, 6.07) is 16.2. The van der Waals surface area contributed by atoms with Crippen molar-refractivity contribution in [1.29, 1.82) is 0 Å². The summed E-state index contributed by atoms with van der Waals surface area (Å²) in [6.45, 7) is 1.61. The van der Waals surface area contributed by atoms with E-state index in [1.54, 1.807) is 28.8 Å². The average molecular weight is 386 g/mol. The summed E-state index contributed by atoms with van der Waals surface area (Å²) in [7, 11) is 0. The summed E-state index contributed by atoms with van der Waals surface area (Å²) in [5.41, 5.74) is 1.07. The largest absolute Gasteiger partial charge is 0.356 e. The average Bonchev–Trinajstić information content (AvgIpc) is 3.04. The molecule has 2 aromatic carbocycles. The lowest BCUT2D eigenvalue weighted by molar-refractivity contribution is -0.129. The van der Waals surface area contributed by atoms with Gasteiger partial charge in [0.15, 0.2) is 0 Å². The molecule has 4 nitrogen and oxygen atoms in total. The Kier molecular flexibility index (Phi) is 6.87. The van der Waals surface area contributed by atoms with Crippen LogP contribution in [0.4, 0.5) is 4.39 Å². The third-order valence-corrected chi connectivity index (χ3v) is 5.60. The van der Waals surface area contributed by atoms with Gasteiger partial charge in [-0.2, -0.15) is 0 Å². The Morgan fingerprint density at radius 1 is 1.15 bits per heavy atom. The van der Waals surface area contributed by atoms with Crippen LogP contribution in [-0.2, 0) is 16.1 Å². The van der Waals surface area contributed by atoms with E-state index in [-0.39, 0.29) is 30.0 Å². The van der Waals surface area contributed by atoms with Crippen molar-refractivity contribution in [2.75, 3.05) is 18.8 Å². The Morgan fingerprint density at radius 3 is 2.63 bits per heavy atom. The molecule has 0 spiro atoms. The first-order chi connectivity index (χ1) is 13.1. The molecule has 0 saturated carbocycles. The van der Waals surface area contributed by atoms with Crippen molar-refractivity contribution in [3.63, 3.8) is 0 Å². The summed E-state index contributed by atoms with van der Waals surface area (Å²) in [5.74, 6) is 0.317. The molecule has 1 heterocycles. The summed E-state index contributed by atoms with van der Waals surface area (Å²) >= 11 is 1.63. The normalized spacial score (nSPS) is 16.6. The van der Waals surface area contributed by atoms with E-state index in [1.165, 1.54) is 12.1 Å². The number of halogens is 1. The molecule has 1 aliphatic rings. The second kappa shape index (κ2) is 9.55. The molecule has 1 saturated heterocycles. The minimum atomic E-state index is -0.272. The molecule has 0 radical (unpaired) electrons. The second-order valence-corrected chi connectivity index (χ2v) is 7.78. The number of carbonyl (C=O) groups is 2. The number of hydrogen-bond donors (Lipinski definition) is 1. The molecular weight excluding hydrogens is 363 g/mol. The highest BCUT2D eigenvalue weighted by Gasteiger charge is 2.33. The number of carbonyl (C=O) groups excluding carboxylic acids is 2. The first-order valence-electron chi connectivity index (χ1n) is 9.09. The smallest absolute Gasteiger partial charge is 0.225 e. The van der Waals surface area contributed by atoms with Gasteiger partial charge < -0.3 is 10.2 Å². The molecular formula is C21H23FN2O2S. The maximum absolute atomic E-state index is 12.9. The van der Waals surface area contributed by atoms with Gasteiger partial charge in [0, 0.05) is 31.0 Å². The molecule has 1 unspecified atom stereocenters. The third kappa shape index (κ3) is 5.82. The van der Waals surface area contributed by atoms with Gasteiger partial charge in [-0.05, 0) is 42.0 Å². The zero-order valence-electron chi connectivity index (χ0n) is 15.1. The molecule has 0 bridgehead atoms. The van der Waals surface area contributed by atoms with E-state index >= 15 is 0 Å². The van der Waals surface area contributed by atoms with Gasteiger partial charge in [0.2, 0.25) is 11.8 Å². The van der Waals surface area contributed by atoms with Gasteiger partial charge >= 0.3 is 0 Å². The Morgan fingerprint density at radius 2 is 1.89 bits per heavy atom. The summed E-state index contributed by atoms with van der Waals surface area (Å²) in [4.78, 5) is 27.3. The molecule has 0 aliphatic carbocycles.